The lowest BCUT2D eigenvalue weighted by Gasteiger charge is -2.11. The summed E-state index contributed by atoms with van der Waals surface area (Å²) in [4.78, 5) is 11.9. The smallest absolute Gasteiger partial charge is 0.258 e. The van der Waals surface area contributed by atoms with E-state index in [0.29, 0.717) is 23.9 Å². The van der Waals surface area contributed by atoms with Crippen molar-refractivity contribution in [3.8, 4) is 11.5 Å². The van der Waals surface area contributed by atoms with Crippen molar-refractivity contribution in [3.63, 3.8) is 0 Å². The number of ether oxygens (including phenoxy) is 2. The minimum Gasteiger partial charge on any atom is -0.491 e. The molecule has 1 N–H and O–H groups in total. The summed E-state index contributed by atoms with van der Waals surface area (Å²) in [6.45, 7) is 2.64. The highest BCUT2D eigenvalue weighted by Crippen LogP contribution is 2.25. The first-order valence-corrected chi connectivity index (χ1v) is 8.77. The zero-order valence-corrected chi connectivity index (χ0v) is 15.3. The van der Waals surface area contributed by atoms with Gasteiger partial charge in [0.2, 0.25) is 0 Å². The molecule has 0 aliphatic rings. The SMILES string of the molecule is Cc1cc(OCC(=O)NCCOc2cccc3ccccc23)ccc1Cl. The number of hydrogen-bond acceptors (Lipinski definition) is 3. The molecule has 0 spiro atoms. The molecule has 0 radical (unpaired) electrons. The third kappa shape index (κ3) is 4.67. The van der Waals surface area contributed by atoms with Gasteiger partial charge in [-0.15, -0.1) is 0 Å². The maximum atomic E-state index is 11.9. The van der Waals surface area contributed by atoms with Crippen LogP contribution < -0.4 is 14.8 Å². The number of benzene rings is 3. The van der Waals surface area contributed by atoms with E-state index in [-0.39, 0.29) is 12.5 Å². The van der Waals surface area contributed by atoms with Crippen LogP contribution in [0, 0.1) is 6.92 Å². The summed E-state index contributed by atoms with van der Waals surface area (Å²) in [6.07, 6.45) is 0. The van der Waals surface area contributed by atoms with E-state index in [2.05, 4.69) is 5.32 Å². The number of amides is 1. The summed E-state index contributed by atoms with van der Waals surface area (Å²) in [7, 11) is 0. The third-order valence-corrected chi connectivity index (χ3v) is 4.35. The van der Waals surface area contributed by atoms with Crippen LogP contribution in [0.4, 0.5) is 0 Å². The topological polar surface area (TPSA) is 47.6 Å². The lowest BCUT2D eigenvalue weighted by atomic mass is 10.1. The molecule has 0 heterocycles. The largest absolute Gasteiger partial charge is 0.491 e. The second-order valence-corrected chi connectivity index (χ2v) is 6.28. The quantitative estimate of drug-likeness (QED) is 0.629. The Morgan fingerprint density at radius 1 is 1.04 bits per heavy atom. The Labute approximate surface area is 157 Å². The number of halogens is 1. The minimum absolute atomic E-state index is 0.0463. The number of hydrogen-bond donors (Lipinski definition) is 1. The highest BCUT2D eigenvalue weighted by atomic mass is 35.5. The molecule has 0 saturated carbocycles. The lowest BCUT2D eigenvalue weighted by Crippen LogP contribution is -2.32. The molecule has 0 fully saturated rings. The number of fused-ring (bicyclic) bond motifs is 1. The first-order chi connectivity index (χ1) is 12.6. The molecule has 3 rings (SSSR count). The molecule has 0 bridgehead atoms. The van der Waals surface area contributed by atoms with Crippen LogP contribution in [-0.2, 0) is 4.79 Å². The van der Waals surface area contributed by atoms with E-state index in [1.165, 1.54) is 0 Å². The predicted octanol–water partition coefficient (Wildman–Crippen LogP) is 4.38. The maximum Gasteiger partial charge on any atom is 0.258 e. The molecule has 5 heteroatoms. The first-order valence-electron chi connectivity index (χ1n) is 8.40. The van der Waals surface area contributed by atoms with E-state index in [4.69, 9.17) is 21.1 Å². The van der Waals surface area contributed by atoms with Gasteiger partial charge >= 0.3 is 0 Å². The van der Waals surface area contributed by atoms with Gasteiger partial charge in [0.05, 0.1) is 6.54 Å². The van der Waals surface area contributed by atoms with Crippen molar-refractivity contribution in [3.05, 3.63) is 71.2 Å². The van der Waals surface area contributed by atoms with Gasteiger partial charge in [0.15, 0.2) is 6.61 Å². The summed E-state index contributed by atoms with van der Waals surface area (Å²) < 4.78 is 11.3. The molecule has 0 aromatic heterocycles. The maximum absolute atomic E-state index is 11.9. The second kappa shape index (κ2) is 8.59. The zero-order valence-electron chi connectivity index (χ0n) is 14.5. The molecule has 0 aliphatic carbocycles. The average Bonchev–Trinajstić information content (AvgIpc) is 2.66. The summed E-state index contributed by atoms with van der Waals surface area (Å²) >= 11 is 5.97. The third-order valence-electron chi connectivity index (χ3n) is 3.93. The Morgan fingerprint density at radius 2 is 1.85 bits per heavy atom. The Morgan fingerprint density at radius 3 is 2.69 bits per heavy atom. The van der Waals surface area contributed by atoms with Gasteiger partial charge in [-0.1, -0.05) is 48.0 Å². The number of rotatable bonds is 7. The number of nitrogens with one attached hydrogen (secondary N) is 1. The van der Waals surface area contributed by atoms with Gasteiger partial charge in [-0.3, -0.25) is 4.79 Å². The molecule has 4 nitrogen and oxygen atoms in total. The van der Waals surface area contributed by atoms with Crippen LogP contribution in [0.5, 0.6) is 11.5 Å². The summed E-state index contributed by atoms with van der Waals surface area (Å²) in [6, 6.07) is 19.3. The van der Waals surface area contributed by atoms with Gasteiger partial charge < -0.3 is 14.8 Å². The van der Waals surface area contributed by atoms with Gasteiger partial charge in [0.1, 0.15) is 18.1 Å². The molecule has 26 heavy (non-hydrogen) atoms. The monoisotopic (exact) mass is 369 g/mol. The van der Waals surface area contributed by atoms with Crippen LogP contribution in [-0.4, -0.2) is 25.7 Å². The van der Waals surface area contributed by atoms with Gasteiger partial charge in [-0.05, 0) is 42.1 Å². The van der Waals surface area contributed by atoms with Gasteiger partial charge in [0, 0.05) is 10.4 Å². The summed E-state index contributed by atoms with van der Waals surface area (Å²) in [5.41, 5.74) is 0.910. The highest BCUT2D eigenvalue weighted by molar-refractivity contribution is 6.31. The fourth-order valence-electron chi connectivity index (χ4n) is 2.58. The number of aryl methyl sites for hydroxylation is 1. The van der Waals surface area contributed by atoms with Crippen molar-refractivity contribution in [2.24, 2.45) is 0 Å². The van der Waals surface area contributed by atoms with E-state index in [0.717, 1.165) is 22.1 Å². The highest BCUT2D eigenvalue weighted by Gasteiger charge is 2.05. The van der Waals surface area contributed by atoms with Crippen LogP contribution >= 0.6 is 11.6 Å². The first kappa shape index (κ1) is 18.1. The Hall–Kier alpha value is -2.72. The van der Waals surface area contributed by atoms with Crippen molar-refractivity contribution >= 4 is 28.3 Å². The number of carbonyl (C=O) groups excluding carboxylic acids is 1. The second-order valence-electron chi connectivity index (χ2n) is 5.88. The van der Waals surface area contributed by atoms with Crippen molar-refractivity contribution in [1.29, 1.82) is 0 Å². The minimum atomic E-state index is -0.195. The molecule has 3 aromatic rings. The Kier molecular flexibility index (Phi) is 5.97. The fraction of sp³-hybridized carbons (Fsp3) is 0.190. The molecular weight excluding hydrogens is 350 g/mol. The standard InChI is InChI=1S/C21H20ClNO3/c1-15-13-17(9-10-19(15)22)26-14-21(24)23-11-12-25-20-8-4-6-16-5-2-3-7-18(16)20/h2-10,13H,11-12,14H2,1H3,(H,23,24). The van der Waals surface area contributed by atoms with Gasteiger partial charge in [-0.25, -0.2) is 0 Å². The van der Waals surface area contributed by atoms with Crippen LogP contribution in [0.2, 0.25) is 5.02 Å². The van der Waals surface area contributed by atoms with E-state index in [1.54, 1.807) is 18.2 Å². The fourth-order valence-corrected chi connectivity index (χ4v) is 2.70. The van der Waals surface area contributed by atoms with Crippen molar-refractivity contribution < 1.29 is 14.3 Å². The van der Waals surface area contributed by atoms with Crippen LogP contribution in [0.25, 0.3) is 10.8 Å². The van der Waals surface area contributed by atoms with Crippen molar-refractivity contribution in [1.82, 2.24) is 5.32 Å². The Balaban J connectivity index is 1.43. The molecule has 0 aliphatic heterocycles. The van der Waals surface area contributed by atoms with Gasteiger partial charge in [0.25, 0.3) is 5.91 Å². The zero-order chi connectivity index (χ0) is 18.4. The normalized spacial score (nSPS) is 10.5. The van der Waals surface area contributed by atoms with Crippen LogP contribution in [0.3, 0.4) is 0 Å². The molecular formula is C21H20ClNO3. The summed E-state index contributed by atoms with van der Waals surface area (Å²) in [5.74, 6) is 1.23. The van der Waals surface area contributed by atoms with Crippen molar-refractivity contribution in [2.75, 3.05) is 19.8 Å². The average molecular weight is 370 g/mol. The molecule has 0 atom stereocenters. The van der Waals surface area contributed by atoms with E-state index >= 15 is 0 Å². The molecule has 0 saturated heterocycles. The molecule has 134 valence electrons. The van der Waals surface area contributed by atoms with E-state index in [1.807, 2.05) is 49.4 Å². The number of carbonyl (C=O) groups is 1. The van der Waals surface area contributed by atoms with Gasteiger partial charge in [-0.2, -0.15) is 0 Å². The van der Waals surface area contributed by atoms with Crippen LogP contribution in [0.15, 0.2) is 60.7 Å². The van der Waals surface area contributed by atoms with E-state index in [9.17, 15) is 4.79 Å². The predicted molar refractivity (Wildman–Crippen MR) is 104 cm³/mol. The lowest BCUT2D eigenvalue weighted by molar-refractivity contribution is -0.123. The Bertz CT molecular complexity index is 905. The molecule has 3 aromatic carbocycles. The molecule has 0 unspecified atom stereocenters. The van der Waals surface area contributed by atoms with E-state index < -0.39 is 0 Å². The van der Waals surface area contributed by atoms with Crippen molar-refractivity contribution in [2.45, 2.75) is 6.92 Å². The summed E-state index contributed by atoms with van der Waals surface area (Å²) in [5, 5.41) is 5.64. The molecule has 1 amide bonds. The van der Waals surface area contributed by atoms with Crippen LogP contribution in [0.1, 0.15) is 5.56 Å².